The minimum absolute atomic E-state index is 0. The predicted octanol–water partition coefficient (Wildman–Crippen LogP) is -3.20. The molecule has 8 nitrogen and oxygen atoms in total. The van der Waals surface area contributed by atoms with Crippen molar-refractivity contribution >= 4 is 17.3 Å². The van der Waals surface area contributed by atoms with Gasteiger partial charge in [-0.15, -0.1) is 0 Å². The van der Waals surface area contributed by atoms with Gasteiger partial charge in [0.2, 0.25) is 5.91 Å². The Balaban J connectivity index is 0.00000484. The van der Waals surface area contributed by atoms with E-state index in [1.807, 2.05) is 0 Å². The van der Waals surface area contributed by atoms with Gasteiger partial charge in [-0.2, -0.15) is 0 Å². The Kier molecular flexibility index (Phi) is 12.2. The van der Waals surface area contributed by atoms with Crippen molar-refractivity contribution in [3.63, 3.8) is 0 Å². The number of nitrogens with one attached hydrogen (secondary N) is 4. The topological polar surface area (TPSA) is 137 Å². The van der Waals surface area contributed by atoms with E-state index in [4.69, 9.17) is 11.5 Å². The molecule has 0 saturated heterocycles. The fraction of sp³-hybridized carbons (Fsp3) is 0.643. The Morgan fingerprint density at radius 1 is 1.09 bits per heavy atom. The van der Waals surface area contributed by atoms with Crippen molar-refractivity contribution in [2.75, 3.05) is 36.8 Å². The summed E-state index contributed by atoms with van der Waals surface area (Å²) in [6.07, 6.45) is 3.08. The quantitative estimate of drug-likeness (QED) is 0.230. The summed E-state index contributed by atoms with van der Waals surface area (Å²) in [5.74, 6) is -0.452. The first kappa shape index (κ1) is 22.9. The van der Waals surface area contributed by atoms with Crippen LogP contribution in [0.5, 0.6) is 0 Å². The maximum Gasteiger partial charge on any atom is 1.00 e. The molecule has 1 aromatic rings. The molecule has 0 unspecified atom stereocenters. The minimum Gasteiger partial charge on any atom is -0.666 e. The summed E-state index contributed by atoms with van der Waals surface area (Å²) < 4.78 is 0. The SMILES string of the molecule is CCCCCNc1c(NCCNC(=O)[C@H]([NH-])CN)c(=O)c1=O.[Rb+]. The van der Waals surface area contributed by atoms with E-state index in [0.717, 1.165) is 19.3 Å². The van der Waals surface area contributed by atoms with Gasteiger partial charge in [0.05, 0.1) is 0 Å². The van der Waals surface area contributed by atoms with Crippen molar-refractivity contribution < 1.29 is 63.0 Å². The normalized spacial score (nSPS) is 11.6. The first-order valence-corrected chi connectivity index (χ1v) is 7.52. The van der Waals surface area contributed by atoms with Gasteiger partial charge in [-0.1, -0.05) is 19.8 Å². The Hall–Kier alpha value is -0.125. The second kappa shape index (κ2) is 12.3. The third kappa shape index (κ3) is 7.10. The summed E-state index contributed by atoms with van der Waals surface area (Å²) in [7, 11) is 0. The number of rotatable bonds is 11. The summed E-state index contributed by atoms with van der Waals surface area (Å²) in [5, 5.41) is 8.35. The number of nitrogens with two attached hydrogens (primary N) is 1. The molecule has 1 rings (SSSR count). The van der Waals surface area contributed by atoms with Crippen molar-refractivity contribution in [2.24, 2.45) is 5.73 Å². The van der Waals surface area contributed by atoms with Crippen molar-refractivity contribution in [3.05, 3.63) is 26.2 Å². The molecule has 0 bridgehead atoms. The van der Waals surface area contributed by atoms with Crippen molar-refractivity contribution in [1.82, 2.24) is 5.32 Å². The Morgan fingerprint density at radius 2 is 1.65 bits per heavy atom. The fourth-order valence-electron chi connectivity index (χ4n) is 1.92. The van der Waals surface area contributed by atoms with Gasteiger partial charge in [0.15, 0.2) is 0 Å². The molecule has 9 heteroatoms. The van der Waals surface area contributed by atoms with E-state index in [2.05, 4.69) is 22.9 Å². The van der Waals surface area contributed by atoms with E-state index in [0.29, 0.717) is 18.8 Å². The molecule has 23 heavy (non-hydrogen) atoms. The van der Waals surface area contributed by atoms with E-state index in [1.54, 1.807) is 0 Å². The summed E-state index contributed by atoms with van der Waals surface area (Å²) in [6.45, 7) is 3.26. The van der Waals surface area contributed by atoms with Gasteiger partial charge in [-0.3, -0.25) is 14.4 Å². The number of unbranched alkanes of at least 4 members (excludes halogenated alkanes) is 2. The van der Waals surface area contributed by atoms with Gasteiger partial charge < -0.3 is 27.4 Å². The van der Waals surface area contributed by atoms with Crippen LogP contribution >= 0.6 is 0 Å². The maximum absolute atomic E-state index is 11.5. The first-order valence-electron chi connectivity index (χ1n) is 7.52. The van der Waals surface area contributed by atoms with E-state index in [9.17, 15) is 14.4 Å². The molecule has 0 fully saturated rings. The summed E-state index contributed by atoms with van der Waals surface area (Å²) in [6, 6.07) is -0.984. The number of amides is 1. The predicted molar refractivity (Wildman–Crippen MR) is 88.0 cm³/mol. The molecule has 1 aromatic carbocycles. The number of carbonyl (C=O) groups is 1. The number of anilines is 2. The standard InChI is InChI=1S/C14H24N5O3.Rb/c1-2-3-4-5-17-10-11(13(21)12(10)20)18-6-7-19-14(22)9(16)8-15;/h9,16-18H,2-8,15H2,1H3,(H,19,22);/q-1;+1/t9-;/m1./s1. The van der Waals surface area contributed by atoms with Crippen LogP contribution in [0.25, 0.3) is 5.73 Å². The van der Waals surface area contributed by atoms with Crippen LogP contribution in [0, 0.1) is 0 Å². The molecule has 0 radical (unpaired) electrons. The van der Waals surface area contributed by atoms with Crippen LogP contribution in [-0.2, 0) is 4.79 Å². The maximum atomic E-state index is 11.5. The van der Waals surface area contributed by atoms with Gasteiger partial charge in [-0.25, -0.2) is 0 Å². The monoisotopic (exact) mass is 395 g/mol. The van der Waals surface area contributed by atoms with Crippen molar-refractivity contribution in [3.8, 4) is 0 Å². The zero-order valence-corrected chi connectivity index (χ0v) is 18.7. The molecule has 0 saturated carbocycles. The molecule has 1 amide bonds. The van der Waals surface area contributed by atoms with E-state index >= 15 is 0 Å². The molecule has 0 spiro atoms. The Morgan fingerprint density at radius 3 is 2.17 bits per heavy atom. The Bertz CT molecular complexity index is 557. The summed E-state index contributed by atoms with van der Waals surface area (Å²) in [5.41, 5.74) is 12.1. The van der Waals surface area contributed by atoms with Gasteiger partial charge >= 0.3 is 58.2 Å². The summed E-state index contributed by atoms with van der Waals surface area (Å²) in [4.78, 5) is 34.3. The minimum atomic E-state index is -0.984. The molecule has 0 aromatic heterocycles. The zero-order valence-electron chi connectivity index (χ0n) is 13.8. The smallest absolute Gasteiger partial charge is 0.666 e. The third-order valence-corrected chi connectivity index (χ3v) is 3.27. The average molecular weight is 396 g/mol. The molecule has 6 N–H and O–H groups in total. The van der Waals surface area contributed by atoms with Gasteiger partial charge in [0, 0.05) is 19.6 Å². The van der Waals surface area contributed by atoms with Crippen LogP contribution in [0.1, 0.15) is 26.2 Å². The van der Waals surface area contributed by atoms with E-state index in [1.165, 1.54) is 0 Å². The van der Waals surface area contributed by atoms with Crippen LogP contribution in [0.3, 0.4) is 0 Å². The first-order chi connectivity index (χ1) is 10.5. The van der Waals surface area contributed by atoms with Crippen LogP contribution in [-0.4, -0.2) is 38.1 Å². The van der Waals surface area contributed by atoms with Crippen molar-refractivity contribution in [1.29, 1.82) is 0 Å². The number of hydrogen-bond donors (Lipinski definition) is 4. The Labute approximate surface area is 184 Å². The van der Waals surface area contributed by atoms with Gasteiger partial charge in [0.25, 0.3) is 10.9 Å². The number of carbonyl (C=O) groups excluding carboxylic acids is 1. The van der Waals surface area contributed by atoms with Crippen LogP contribution in [0.2, 0.25) is 0 Å². The molecule has 1 atom stereocenters. The second-order valence-corrected chi connectivity index (χ2v) is 5.05. The molecule has 0 aliphatic heterocycles. The van der Waals surface area contributed by atoms with Crippen LogP contribution in [0.15, 0.2) is 9.59 Å². The molecular formula is C14H24N5O3Rb. The van der Waals surface area contributed by atoms with Gasteiger partial charge in [-0.05, 0) is 19.0 Å². The van der Waals surface area contributed by atoms with Crippen molar-refractivity contribution in [2.45, 2.75) is 32.2 Å². The second-order valence-electron chi connectivity index (χ2n) is 5.05. The molecule has 0 aliphatic rings. The molecule has 124 valence electrons. The average Bonchev–Trinajstić information content (AvgIpc) is 2.54. The van der Waals surface area contributed by atoms with Crippen LogP contribution < -0.4 is 90.7 Å². The third-order valence-electron chi connectivity index (χ3n) is 3.27. The molecule has 0 heterocycles. The largest absolute Gasteiger partial charge is 1.00 e. The van der Waals surface area contributed by atoms with Gasteiger partial charge in [0.1, 0.15) is 11.4 Å². The molecule has 0 aliphatic carbocycles. The molecular weight excluding hydrogens is 372 g/mol. The van der Waals surface area contributed by atoms with E-state index < -0.39 is 22.8 Å². The van der Waals surface area contributed by atoms with Crippen LogP contribution in [0.4, 0.5) is 11.4 Å². The number of hydrogen-bond acceptors (Lipinski definition) is 6. The zero-order chi connectivity index (χ0) is 16.5. The van der Waals surface area contributed by atoms with E-state index in [-0.39, 0.29) is 77.0 Å². The fourth-order valence-corrected chi connectivity index (χ4v) is 1.92. The summed E-state index contributed by atoms with van der Waals surface area (Å²) >= 11 is 0.